The molecule has 0 bridgehead atoms. The van der Waals surface area contributed by atoms with E-state index in [-0.39, 0.29) is 6.42 Å². The van der Waals surface area contributed by atoms with Gasteiger partial charge < -0.3 is 10.2 Å². The molecular weight excluding hydrogens is 218 g/mol. The summed E-state index contributed by atoms with van der Waals surface area (Å²) in [5, 5.41) is 18.7. The molecule has 1 atom stereocenters. The van der Waals surface area contributed by atoms with Crippen LogP contribution in [-0.4, -0.2) is 26.8 Å². The topological polar surface area (TPSA) is 70.4 Å². The molecule has 1 aromatic rings. The van der Waals surface area contributed by atoms with Crippen molar-refractivity contribution in [2.24, 2.45) is 0 Å². The van der Waals surface area contributed by atoms with Crippen LogP contribution in [0, 0.1) is 6.92 Å². The Bertz CT molecular complexity index is 390. The van der Waals surface area contributed by atoms with Gasteiger partial charge in [0.05, 0.1) is 0 Å². The fourth-order valence-electron chi connectivity index (χ4n) is 1.19. The largest absolute Gasteiger partial charge is 0.479 e. The molecule has 0 fully saturated rings. The summed E-state index contributed by atoms with van der Waals surface area (Å²) in [4.78, 5) is 14.6. The van der Waals surface area contributed by atoms with Crippen LogP contribution in [0.1, 0.15) is 18.1 Å². The van der Waals surface area contributed by atoms with E-state index in [1.807, 2.05) is 0 Å². The molecule has 1 heterocycles. The first kappa shape index (κ1) is 11.9. The summed E-state index contributed by atoms with van der Waals surface area (Å²) in [6.07, 6.45) is 1.47. The second-order valence-electron chi connectivity index (χ2n) is 3.71. The highest BCUT2D eigenvalue weighted by molar-refractivity contribution is 6.30. The number of aliphatic hydroxyl groups is 1. The van der Waals surface area contributed by atoms with E-state index in [1.54, 1.807) is 13.0 Å². The SMILES string of the molecule is Cc1cc(CC(C)(O)C(=O)O)cnc1Cl. The highest BCUT2D eigenvalue weighted by Crippen LogP contribution is 2.17. The molecule has 0 aliphatic carbocycles. The Morgan fingerprint density at radius 3 is 2.73 bits per heavy atom. The molecule has 4 nitrogen and oxygen atoms in total. The van der Waals surface area contributed by atoms with E-state index in [0.29, 0.717) is 10.7 Å². The molecule has 0 aliphatic rings. The smallest absolute Gasteiger partial charge is 0.335 e. The highest BCUT2D eigenvalue weighted by atomic mass is 35.5. The Morgan fingerprint density at radius 2 is 2.27 bits per heavy atom. The third kappa shape index (κ3) is 2.91. The molecular formula is C10H12ClNO3. The van der Waals surface area contributed by atoms with Gasteiger partial charge in [-0.05, 0) is 25.0 Å². The van der Waals surface area contributed by atoms with Crippen LogP contribution in [0.4, 0.5) is 0 Å². The highest BCUT2D eigenvalue weighted by Gasteiger charge is 2.30. The standard InChI is InChI=1S/C10H12ClNO3/c1-6-3-7(5-12-8(6)11)4-10(2,15)9(13)14/h3,5,15H,4H2,1-2H3,(H,13,14). The number of carbonyl (C=O) groups is 1. The van der Waals surface area contributed by atoms with Crippen molar-refractivity contribution >= 4 is 17.6 Å². The quantitative estimate of drug-likeness (QED) is 0.769. The van der Waals surface area contributed by atoms with Crippen molar-refractivity contribution in [3.8, 4) is 0 Å². The van der Waals surface area contributed by atoms with Crippen molar-refractivity contribution in [1.29, 1.82) is 0 Å². The number of aromatic nitrogens is 1. The van der Waals surface area contributed by atoms with Crippen LogP contribution in [-0.2, 0) is 11.2 Å². The Morgan fingerprint density at radius 1 is 1.67 bits per heavy atom. The maximum Gasteiger partial charge on any atom is 0.335 e. The fraction of sp³-hybridized carbons (Fsp3) is 0.400. The summed E-state index contributed by atoms with van der Waals surface area (Å²) in [6, 6.07) is 1.72. The molecule has 0 aliphatic heterocycles. The Balaban J connectivity index is 2.91. The van der Waals surface area contributed by atoms with E-state index in [0.717, 1.165) is 5.56 Å². The van der Waals surface area contributed by atoms with Gasteiger partial charge in [0, 0.05) is 12.6 Å². The minimum atomic E-state index is -1.78. The fourth-order valence-corrected chi connectivity index (χ4v) is 1.29. The zero-order valence-corrected chi connectivity index (χ0v) is 9.25. The van der Waals surface area contributed by atoms with Gasteiger partial charge in [0.1, 0.15) is 5.15 Å². The summed E-state index contributed by atoms with van der Waals surface area (Å²) in [6.45, 7) is 3.02. The van der Waals surface area contributed by atoms with Gasteiger partial charge in [-0.15, -0.1) is 0 Å². The van der Waals surface area contributed by atoms with E-state index >= 15 is 0 Å². The summed E-state index contributed by atoms with van der Waals surface area (Å²) >= 11 is 5.72. The summed E-state index contributed by atoms with van der Waals surface area (Å²) in [5.74, 6) is -1.25. The van der Waals surface area contributed by atoms with Crippen LogP contribution in [0.5, 0.6) is 0 Å². The van der Waals surface area contributed by atoms with Crippen LogP contribution in [0.25, 0.3) is 0 Å². The predicted molar refractivity (Wildman–Crippen MR) is 55.9 cm³/mol. The minimum Gasteiger partial charge on any atom is -0.479 e. The molecule has 0 radical (unpaired) electrons. The second-order valence-corrected chi connectivity index (χ2v) is 4.07. The van der Waals surface area contributed by atoms with Crippen LogP contribution in [0.3, 0.4) is 0 Å². The number of nitrogens with zero attached hydrogens (tertiary/aromatic N) is 1. The van der Waals surface area contributed by atoms with Gasteiger partial charge >= 0.3 is 5.97 Å². The third-order valence-electron chi connectivity index (χ3n) is 2.08. The Hall–Kier alpha value is -1.13. The summed E-state index contributed by atoms with van der Waals surface area (Å²) in [7, 11) is 0. The molecule has 15 heavy (non-hydrogen) atoms. The number of hydrogen-bond donors (Lipinski definition) is 2. The molecule has 0 spiro atoms. The zero-order chi connectivity index (χ0) is 11.6. The van der Waals surface area contributed by atoms with Crippen molar-refractivity contribution in [3.63, 3.8) is 0 Å². The first-order valence-corrected chi connectivity index (χ1v) is 4.77. The predicted octanol–water partition coefficient (Wildman–Crippen LogP) is 1.42. The van der Waals surface area contributed by atoms with Gasteiger partial charge in [-0.1, -0.05) is 17.7 Å². The lowest BCUT2D eigenvalue weighted by molar-refractivity contribution is -0.156. The zero-order valence-electron chi connectivity index (χ0n) is 8.49. The van der Waals surface area contributed by atoms with Gasteiger partial charge in [0.15, 0.2) is 5.60 Å². The van der Waals surface area contributed by atoms with Gasteiger partial charge in [-0.3, -0.25) is 0 Å². The van der Waals surface area contributed by atoms with Gasteiger partial charge in [-0.2, -0.15) is 0 Å². The van der Waals surface area contributed by atoms with Crippen LogP contribution >= 0.6 is 11.6 Å². The van der Waals surface area contributed by atoms with Crippen LogP contribution in [0.15, 0.2) is 12.3 Å². The Kier molecular flexibility index (Phi) is 3.31. The third-order valence-corrected chi connectivity index (χ3v) is 2.48. The van der Waals surface area contributed by atoms with Crippen molar-refractivity contribution in [3.05, 3.63) is 28.5 Å². The molecule has 5 heteroatoms. The molecule has 0 aromatic carbocycles. The summed E-state index contributed by atoms with van der Waals surface area (Å²) < 4.78 is 0. The van der Waals surface area contributed by atoms with E-state index in [1.165, 1.54) is 13.1 Å². The molecule has 1 rings (SSSR count). The number of halogens is 1. The van der Waals surface area contributed by atoms with Gasteiger partial charge in [-0.25, -0.2) is 9.78 Å². The van der Waals surface area contributed by atoms with E-state index in [2.05, 4.69) is 4.98 Å². The number of carboxylic acids is 1. The average Bonchev–Trinajstić information content (AvgIpc) is 2.10. The maximum atomic E-state index is 10.7. The Labute approximate surface area is 92.5 Å². The molecule has 0 saturated carbocycles. The van der Waals surface area contributed by atoms with Gasteiger partial charge in [0.2, 0.25) is 0 Å². The summed E-state index contributed by atoms with van der Waals surface area (Å²) in [5.41, 5.74) is -0.373. The van der Waals surface area contributed by atoms with E-state index in [9.17, 15) is 9.90 Å². The average molecular weight is 230 g/mol. The van der Waals surface area contributed by atoms with Gasteiger partial charge in [0.25, 0.3) is 0 Å². The van der Waals surface area contributed by atoms with Crippen LogP contribution in [0.2, 0.25) is 5.15 Å². The minimum absolute atomic E-state index is 0.00728. The van der Waals surface area contributed by atoms with Crippen molar-refractivity contribution in [2.75, 3.05) is 0 Å². The second kappa shape index (κ2) is 4.16. The molecule has 2 N–H and O–H groups in total. The molecule has 0 amide bonds. The van der Waals surface area contributed by atoms with E-state index < -0.39 is 11.6 Å². The van der Waals surface area contributed by atoms with Crippen molar-refractivity contribution in [2.45, 2.75) is 25.9 Å². The monoisotopic (exact) mass is 229 g/mol. The lowest BCUT2D eigenvalue weighted by atomic mass is 9.97. The number of aryl methyl sites for hydroxylation is 1. The number of hydrogen-bond acceptors (Lipinski definition) is 3. The number of aliphatic carboxylic acids is 1. The first-order chi connectivity index (χ1) is 6.83. The molecule has 0 saturated heterocycles. The molecule has 1 unspecified atom stereocenters. The number of rotatable bonds is 3. The molecule has 1 aromatic heterocycles. The lowest BCUT2D eigenvalue weighted by Gasteiger charge is -2.17. The van der Waals surface area contributed by atoms with Crippen LogP contribution < -0.4 is 0 Å². The lowest BCUT2D eigenvalue weighted by Crippen LogP contribution is -2.37. The number of carboxylic acid groups (broad SMARTS) is 1. The normalized spacial score (nSPS) is 14.7. The van der Waals surface area contributed by atoms with Crippen molar-refractivity contribution in [1.82, 2.24) is 4.98 Å². The first-order valence-electron chi connectivity index (χ1n) is 4.40. The maximum absolute atomic E-state index is 10.7. The van der Waals surface area contributed by atoms with Crippen molar-refractivity contribution < 1.29 is 15.0 Å². The molecule has 82 valence electrons. The number of pyridine rings is 1. The van der Waals surface area contributed by atoms with E-state index in [4.69, 9.17) is 16.7 Å².